The van der Waals surface area contributed by atoms with E-state index < -0.39 is 5.97 Å². The second-order valence-electron chi connectivity index (χ2n) is 3.23. The van der Waals surface area contributed by atoms with Gasteiger partial charge < -0.3 is 10.0 Å². The molecular formula is C9H10N2O2S. The third-order valence-electron chi connectivity index (χ3n) is 2.22. The minimum atomic E-state index is -0.900. The van der Waals surface area contributed by atoms with Crippen molar-refractivity contribution in [3.63, 3.8) is 0 Å². The fourth-order valence-electron chi connectivity index (χ4n) is 1.46. The molecule has 0 fully saturated rings. The molecule has 0 spiro atoms. The molecule has 2 aliphatic heterocycles. The molecule has 2 aliphatic rings. The number of aliphatic imine (C=N–C) groups is 1. The first-order chi connectivity index (χ1) is 6.59. The van der Waals surface area contributed by atoms with Crippen LogP contribution in [0.4, 0.5) is 0 Å². The molecule has 0 amide bonds. The van der Waals surface area contributed by atoms with Crippen molar-refractivity contribution in [2.45, 2.75) is 19.9 Å². The smallest absolute Gasteiger partial charge is 0.335 e. The summed E-state index contributed by atoms with van der Waals surface area (Å²) < 4.78 is 0. The lowest BCUT2D eigenvalue weighted by molar-refractivity contribution is -0.133. The van der Waals surface area contributed by atoms with Crippen LogP contribution in [0.15, 0.2) is 27.9 Å². The highest BCUT2D eigenvalue weighted by molar-refractivity contribution is 8.17. The lowest BCUT2D eigenvalue weighted by Gasteiger charge is -2.27. The third-order valence-corrected chi connectivity index (χ3v) is 3.15. The van der Waals surface area contributed by atoms with Crippen molar-refractivity contribution in [2.75, 3.05) is 0 Å². The lowest BCUT2D eigenvalue weighted by Crippen LogP contribution is -2.36. The lowest BCUT2D eigenvalue weighted by atomic mass is 10.1. The van der Waals surface area contributed by atoms with Crippen LogP contribution in [-0.2, 0) is 4.79 Å². The average molecular weight is 210 g/mol. The zero-order valence-corrected chi connectivity index (χ0v) is 8.71. The number of allylic oxidation sites excluding steroid dienone is 1. The van der Waals surface area contributed by atoms with Crippen LogP contribution in [0.2, 0.25) is 0 Å². The van der Waals surface area contributed by atoms with Gasteiger partial charge in [-0.3, -0.25) is 0 Å². The molecule has 0 saturated carbocycles. The number of fused-ring (bicyclic) bond motifs is 1. The van der Waals surface area contributed by atoms with E-state index in [0.29, 0.717) is 5.57 Å². The van der Waals surface area contributed by atoms with Crippen LogP contribution in [0.1, 0.15) is 13.8 Å². The van der Waals surface area contributed by atoms with E-state index in [0.717, 1.165) is 10.1 Å². The Kier molecular flexibility index (Phi) is 2.11. The Labute approximate surface area is 86.0 Å². The standard InChI is InChI=1S/C9H10N2O2S/c1-5-4-11-6(2)7(8(12)13)3-10-9(11)14-5/h3-4,6H,1-2H3,(H,12,13). The Morgan fingerprint density at radius 2 is 2.43 bits per heavy atom. The summed E-state index contributed by atoms with van der Waals surface area (Å²) >= 11 is 1.57. The molecule has 14 heavy (non-hydrogen) atoms. The van der Waals surface area contributed by atoms with Crippen LogP contribution in [0, 0.1) is 0 Å². The second kappa shape index (κ2) is 3.16. The van der Waals surface area contributed by atoms with Gasteiger partial charge in [-0.15, -0.1) is 0 Å². The number of amidine groups is 1. The number of carboxylic acids is 1. The van der Waals surface area contributed by atoms with Crippen molar-refractivity contribution in [3.05, 3.63) is 22.9 Å². The molecule has 0 aromatic rings. The topological polar surface area (TPSA) is 52.9 Å². The van der Waals surface area contributed by atoms with E-state index in [-0.39, 0.29) is 6.04 Å². The molecule has 5 heteroatoms. The highest BCUT2D eigenvalue weighted by Gasteiger charge is 2.31. The van der Waals surface area contributed by atoms with Gasteiger partial charge in [0.15, 0.2) is 5.17 Å². The molecular weight excluding hydrogens is 200 g/mol. The van der Waals surface area contributed by atoms with Crippen molar-refractivity contribution in [2.24, 2.45) is 4.99 Å². The van der Waals surface area contributed by atoms with Crippen molar-refractivity contribution in [1.29, 1.82) is 0 Å². The number of nitrogens with zero attached hydrogens (tertiary/aromatic N) is 2. The molecule has 0 saturated heterocycles. The summed E-state index contributed by atoms with van der Waals surface area (Å²) in [4.78, 5) is 18.0. The maximum atomic E-state index is 10.8. The van der Waals surface area contributed by atoms with Crippen LogP contribution < -0.4 is 0 Å². The monoisotopic (exact) mass is 210 g/mol. The van der Waals surface area contributed by atoms with Crippen molar-refractivity contribution in [1.82, 2.24) is 4.90 Å². The van der Waals surface area contributed by atoms with Gasteiger partial charge in [-0.2, -0.15) is 0 Å². The van der Waals surface area contributed by atoms with E-state index in [2.05, 4.69) is 4.99 Å². The summed E-state index contributed by atoms with van der Waals surface area (Å²) in [5, 5.41) is 9.76. The highest BCUT2D eigenvalue weighted by atomic mass is 32.2. The number of hydrogen-bond acceptors (Lipinski definition) is 4. The van der Waals surface area contributed by atoms with Crippen LogP contribution >= 0.6 is 11.8 Å². The van der Waals surface area contributed by atoms with Gasteiger partial charge in [0, 0.05) is 17.3 Å². The van der Waals surface area contributed by atoms with Crippen molar-refractivity contribution < 1.29 is 9.90 Å². The first kappa shape index (κ1) is 9.33. The fraction of sp³-hybridized carbons (Fsp3) is 0.333. The van der Waals surface area contributed by atoms with Crippen LogP contribution in [0.25, 0.3) is 0 Å². The number of aliphatic carboxylic acids is 1. The largest absolute Gasteiger partial charge is 0.478 e. The first-order valence-electron chi connectivity index (χ1n) is 4.25. The van der Waals surface area contributed by atoms with Gasteiger partial charge >= 0.3 is 5.97 Å². The second-order valence-corrected chi connectivity index (χ2v) is 4.44. The normalized spacial score (nSPS) is 25.1. The molecule has 0 aliphatic carbocycles. The number of hydrogen-bond donors (Lipinski definition) is 1. The van der Waals surface area contributed by atoms with Crippen LogP contribution in [0.5, 0.6) is 0 Å². The average Bonchev–Trinajstić information content (AvgIpc) is 2.46. The minimum absolute atomic E-state index is 0.134. The Balaban J connectivity index is 2.35. The predicted molar refractivity (Wildman–Crippen MR) is 55.8 cm³/mol. The van der Waals surface area contributed by atoms with E-state index in [1.807, 2.05) is 24.9 Å². The Morgan fingerprint density at radius 3 is 3.07 bits per heavy atom. The molecule has 74 valence electrons. The number of carbonyl (C=O) groups is 1. The maximum absolute atomic E-state index is 10.8. The van der Waals surface area contributed by atoms with Crippen LogP contribution in [-0.4, -0.2) is 27.2 Å². The Hall–Kier alpha value is -1.23. The minimum Gasteiger partial charge on any atom is -0.478 e. The molecule has 0 aromatic heterocycles. The van der Waals surface area contributed by atoms with E-state index in [4.69, 9.17) is 5.11 Å². The van der Waals surface area contributed by atoms with Gasteiger partial charge in [0.05, 0.1) is 11.6 Å². The third kappa shape index (κ3) is 1.33. The van der Waals surface area contributed by atoms with Crippen molar-refractivity contribution in [3.8, 4) is 0 Å². The van der Waals surface area contributed by atoms with Gasteiger partial charge in [-0.05, 0) is 13.8 Å². The van der Waals surface area contributed by atoms with Crippen molar-refractivity contribution >= 4 is 22.9 Å². The van der Waals surface area contributed by atoms with Gasteiger partial charge in [0.1, 0.15) is 0 Å². The highest BCUT2D eigenvalue weighted by Crippen LogP contribution is 2.33. The Morgan fingerprint density at radius 1 is 1.71 bits per heavy atom. The quantitative estimate of drug-likeness (QED) is 0.714. The number of rotatable bonds is 1. The van der Waals surface area contributed by atoms with Gasteiger partial charge in [0.2, 0.25) is 0 Å². The molecule has 0 bridgehead atoms. The number of thioether (sulfide) groups is 1. The molecule has 1 atom stereocenters. The number of carboxylic acid groups (broad SMARTS) is 1. The maximum Gasteiger partial charge on any atom is 0.335 e. The van der Waals surface area contributed by atoms with Gasteiger partial charge in [0.25, 0.3) is 0 Å². The zero-order valence-electron chi connectivity index (χ0n) is 7.89. The van der Waals surface area contributed by atoms with Crippen LogP contribution in [0.3, 0.4) is 0 Å². The molecule has 0 radical (unpaired) electrons. The van der Waals surface area contributed by atoms with E-state index in [9.17, 15) is 4.79 Å². The summed E-state index contributed by atoms with van der Waals surface area (Å²) in [7, 11) is 0. The SMILES string of the molecule is CC1=CN2C(=NC=C(C(=O)O)C2C)S1. The molecule has 1 unspecified atom stereocenters. The van der Waals surface area contributed by atoms with E-state index in [1.54, 1.807) is 11.8 Å². The van der Waals surface area contributed by atoms with Gasteiger partial charge in [-0.1, -0.05) is 11.8 Å². The summed E-state index contributed by atoms with van der Waals surface area (Å²) in [6.45, 7) is 3.85. The summed E-state index contributed by atoms with van der Waals surface area (Å²) in [5.41, 5.74) is 0.334. The Bertz CT molecular complexity index is 384. The van der Waals surface area contributed by atoms with E-state index >= 15 is 0 Å². The van der Waals surface area contributed by atoms with Gasteiger partial charge in [-0.25, -0.2) is 9.79 Å². The molecule has 1 N–H and O–H groups in total. The molecule has 2 heterocycles. The van der Waals surface area contributed by atoms with E-state index in [1.165, 1.54) is 6.20 Å². The molecule has 2 rings (SSSR count). The predicted octanol–water partition coefficient (Wildman–Crippen LogP) is 1.62. The molecule has 4 nitrogen and oxygen atoms in total. The zero-order chi connectivity index (χ0) is 10.3. The fourth-order valence-corrected chi connectivity index (χ4v) is 2.34. The summed E-state index contributed by atoms with van der Waals surface area (Å²) in [5.74, 6) is -0.900. The summed E-state index contributed by atoms with van der Waals surface area (Å²) in [6, 6.07) is -0.134. The first-order valence-corrected chi connectivity index (χ1v) is 5.07. The summed E-state index contributed by atoms with van der Waals surface area (Å²) in [6.07, 6.45) is 3.38. The molecule has 0 aromatic carbocycles.